The van der Waals surface area contributed by atoms with E-state index in [9.17, 15) is 4.39 Å². The van der Waals surface area contributed by atoms with Crippen molar-refractivity contribution in [3.05, 3.63) is 52.3 Å². The average Bonchev–Trinajstić information content (AvgIpc) is 2.73. The van der Waals surface area contributed by atoms with Crippen LogP contribution in [-0.2, 0) is 0 Å². The molecule has 0 saturated carbocycles. The first-order chi connectivity index (χ1) is 8.65. The Morgan fingerprint density at radius 2 is 2.00 bits per heavy atom. The van der Waals surface area contributed by atoms with Gasteiger partial charge in [0.2, 0.25) is 0 Å². The summed E-state index contributed by atoms with van der Waals surface area (Å²) in [5.74, 6) is -0.241. The van der Waals surface area contributed by atoms with E-state index in [2.05, 4.69) is 33.9 Å². The molecule has 0 aliphatic carbocycles. The van der Waals surface area contributed by atoms with Crippen LogP contribution in [0.1, 0.15) is 5.56 Å². The molecule has 0 fully saturated rings. The van der Waals surface area contributed by atoms with E-state index in [1.54, 1.807) is 0 Å². The van der Waals surface area contributed by atoms with E-state index < -0.39 is 0 Å². The van der Waals surface area contributed by atoms with Gasteiger partial charge in [-0.15, -0.1) is 11.3 Å². The maximum Gasteiger partial charge on any atom is 0.125 e. The highest BCUT2D eigenvalue weighted by molar-refractivity contribution is 9.10. The molecule has 3 rings (SSSR count). The SMILES string of the molecule is Cc1ccccc1-c1nc2c(Br)cc(F)cc2s1. The molecular formula is C14H9BrFNS. The smallest absolute Gasteiger partial charge is 0.125 e. The minimum Gasteiger partial charge on any atom is -0.235 e. The van der Waals surface area contributed by atoms with Gasteiger partial charge in [0.15, 0.2) is 0 Å². The number of benzene rings is 2. The van der Waals surface area contributed by atoms with E-state index in [0.29, 0.717) is 4.47 Å². The number of hydrogen-bond acceptors (Lipinski definition) is 2. The summed E-state index contributed by atoms with van der Waals surface area (Å²) in [6.45, 7) is 2.05. The van der Waals surface area contributed by atoms with Crippen LogP contribution in [0.4, 0.5) is 4.39 Å². The quantitative estimate of drug-likeness (QED) is 0.602. The molecule has 1 nitrogen and oxygen atoms in total. The molecule has 18 heavy (non-hydrogen) atoms. The fourth-order valence-corrected chi connectivity index (χ4v) is 3.65. The Hall–Kier alpha value is -1.26. The van der Waals surface area contributed by atoms with Crippen LogP contribution < -0.4 is 0 Å². The molecule has 0 bridgehead atoms. The summed E-state index contributed by atoms with van der Waals surface area (Å²) in [6.07, 6.45) is 0. The number of rotatable bonds is 1. The van der Waals surface area contributed by atoms with Crippen molar-refractivity contribution >= 4 is 37.5 Å². The van der Waals surface area contributed by atoms with Gasteiger partial charge in [-0.1, -0.05) is 24.3 Å². The van der Waals surface area contributed by atoms with Gasteiger partial charge in [-0.25, -0.2) is 9.37 Å². The molecule has 0 N–H and O–H groups in total. The minimum absolute atomic E-state index is 0.241. The van der Waals surface area contributed by atoms with Gasteiger partial charge in [-0.2, -0.15) is 0 Å². The largest absolute Gasteiger partial charge is 0.235 e. The molecule has 1 heterocycles. The monoisotopic (exact) mass is 321 g/mol. The van der Waals surface area contributed by atoms with Crippen molar-refractivity contribution < 1.29 is 4.39 Å². The van der Waals surface area contributed by atoms with Crippen LogP contribution in [-0.4, -0.2) is 4.98 Å². The number of thiazole rings is 1. The first-order valence-corrected chi connectivity index (χ1v) is 7.07. The Morgan fingerprint density at radius 3 is 2.78 bits per heavy atom. The average molecular weight is 322 g/mol. The van der Waals surface area contributed by atoms with E-state index in [1.807, 2.05) is 18.2 Å². The zero-order valence-corrected chi connectivity index (χ0v) is 12.0. The standard InChI is InChI=1S/C14H9BrFNS/c1-8-4-2-3-5-10(8)14-17-13-11(15)6-9(16)7-12(13)18-14/h2-7H,1H3. The molecule has 0 aliphatic heterocycles. The number of fused-ring (bicyclic) bond motifs is 1. The maximum atomic E-state index is 13.3. The molecule has 0 unspecified atom stereocenters. The normalized spacial score (nSPS) is 11.1. The van der Waals surface area contributed by atoms with Gasteiger partial charge in [0.1, 0.15) is 10.8 Å². The number of halogens is 2. The molecule has 2 aromatic carbocycles. The van der Waals surface area contributed by atoms with Gasteiger partial charge < -0.3 is 0 Å². The van der Waals surface area contributed by atoms with Crippen LogP contribution in [0, 0.1) is 12.7 Å². The Bertz CT molecular complexity index is 736. The third-order valence-corrected chi connectivity index (χ3v) is 4.43. The lowest BCUT2D eigenvalue weighted by Gasteiger charge is -1.99. The van der Waals surface area contributed by atoms with E-state index in [4.69, 9.17) is 0 Å². The number of hydrogen-bond donors (Lipinski definition) is 0. The van der Waals surface area contributed by atoms with Crippen molar-refractivity contribution in [3.8, 4) is 10.6 Å². The van der Waals surface area contributed by atoms with Gasteiger partial charge in [0.05, 0.1) is 10.2 Å². The predicted molar refractivity (Wildman–Crippen MR) is 77.5 cm³/mol. The zero-order chi connectivity index (χ0) is 12.7. The Labute approximate surface area is 116 Å². The summed E-state index contributed by atoms with van der Waals surface area (Å²) in [5.41, 5.74) is 3.10. The van der Waals surface area contributed by atoms with E-state index in [-0.39, 0.29) is 5.82 Å². The molecule has 3 aromatic rings. The lowest BCUT2D eigenvalue weighted by atomic mass is 10.1. The molecule has 0 amide bonds. The van der Waals surface area contributed by atoms with Crippen LogP contribution in [0.3, 0.4) is 0 Å². The van der Waals surface area contributed by atoms with Crippen LogP contribution in [0.15, 0.2) is 40.9 Å². The summed E-state index contributed by atoms with van der Waals surface area (Å²) in [6, 6.07) is 11.1. The van der Waals surface area contributed by atoms with E-state index in [1.165, 1.54) is 29.0 Å². The zero-order valence-electron chi connectivity index (χ0n) is 9.58. The van der Waals surface area contributed by atoms with Crippen molar-refractivity contribution in [1.29, 1.82) is 0 Å². The Morgan fingerprint density at radius 1 is 1.22 bits per heavy atom. The molecule has 0 radical (unpaired) electrons. The molecule has 0 saturated heterocycles. The van der Waals surface area contributed by atoms with Crippen molar-refractivity contribution in [2.75, 3.05) is 0 Å². The third kappa shape index (κ3) is 1.95. The lowest BCUT2D eigenvalue weighted by molar-refractivity contribution is 0.629. The summed E-state index contributed by atoms with van der Waals surface area (Å²) in [5, 5.41) is 0.925. The summed E-state index contributed by atoms with van der Waals surface area (Å²) < 4.78 is 14.9. The number of nitrogens with zero attached hydrogens (tertiary/aromatic N) is 1. The second-order valence-electron chi connectivity index (χ2n) is 4.07. The molecule has 0 atom stereocenters. The van der Waals surface area contributed by atoms with Gasteiger partial charge >= 0.3 is 0 Å². The Kier molecular flexibility index (Phi) is 2.92. The minimum atomic E-state index is -0.241. The van der Waals surface area contributed by atoms with Crippen molar-refractivity contribution in [2.24, 2.45) is 0 Å². The first-order valence-electron chi connectivity index (χ1n) is 5.47. The fourth-order valence-electron chi connectivity index (χ4n) is 1.89. The summed E-state index contributed by atoms with van der Waals surface area (Å²) in [7, 11) is 0. The van der Waals surface area contributed by atoms with Crippen molar-refractivity contribution in [1.82, 2.24) is 4.98 Å². The summed E-state index contributed by atoms with van der Waals surface area (Å²) >= 11 is 4.87. The highest BCUT2D eigenvalue weighted by Crippen LogP contribution is 2.35. The van der Waals surface area contributed by atoms with Crippen LogP contribution in [0.5, 0.6) is 0 Å². The second kappa shape index (κ2) is 4.44. The van der Waals surface area contributed by atoms with Crippen LogP contribution >= 0.6 is 27.3 Å². The van der Waals surface area contributed by atoms with Crippen molar-refractivity contribution in [3.63, 3.8) is 0 Å². The number of aromatic nitrogens is 1. The molecule has 90 valence electrons. The highest BCUT2D eigenvalue weighted by atomic mass is 79.9. The van der Waals surface area contributed by atoms with Crippen molar-refractivity contribution in [2.45, 2.75) is 6.92 Å². The Balaban J connectivity index is 2.26. The van der Waals surface area contributed by atoms with Gasteiger partial charge in [-0.05, 0) is 40.5 Å². The summed E-state index contributed by atoms with van der Waals surface area (Å²) in [4.78, 5) is 4.59. The molecule has 0 spiro atoms. The first kappa shape index (κ1) is 11.8. The molecular weight excluding hydrogens is 313 g/mol. The third-order valence-electron chi connectivity index (χ3n) is 2.79. The fraction of sp³-hybridized carbons (Fsp3) is 0.0714. The second-order valence-corrected chi connectivity index (χ2v) is 5.95. The van der Waals surface area contributed by atoms with Gasteiger partial charge in [0, 0.05) is 10.0 Å². The van der Waals surface area contributed by atoms with E-state index >= 15 is 0 Å². The highest BCUT2D eigenvalue weighted by Gasteiger charge is 2.11. The van der Waals surface area contributed by atoms with Crippen LogP contribution in [0.25, 0.3) is 20.8 Å². The van der Waals surface area contributed by atoms with Crippen LogP contribution in [0.2, 0.25) is 0 Å². The molecule has 1 aromatic heterocycles. The molecule has 4 heteroatoms. The lowest BCUT2D eigenvalue weighted by Crippen LogP contribution is -1.81. The van der Waals surface area contributed by atoms with Gasteiger partial charge in [-0.3, -0.25) is 0 Å². The maximum absolute atomic E-state index is 13.3. The number of aryl methyl sites for hydroxylation is 1. The molecule has 0 aliphatic rings. The topological polar surface area (TPSA) is 12.9 Å². The van der Waals surface area contributed by atoms with Gasteiger partial charge in [0.25, 0.3) is 0 Å². The van der Waals surface area contributed by atoms with E-state index in [0.717, 1.165) is 20.8 Å². The predicted octanol–water partition coefficient (Wildman–Crippen LogP) is 5.17.